The number of methoxy groups -OCH3 is 1. The fraction of sp³-hybridized carbons (Fsp3) is 0.746. The Bertz CT molecular complexity index is 2430. The van der Waals surface area contributed by atoms with E-state index in [1.54, 1.807) is 12.1 Å². The molecule has 5 saturated heterocycles. The van der Waals surface area contributed by atoms with E-state index in [9.17, 15) is 9.47 Å². The highest BCUT2D eigenvalue weighted by molar-refractivity contribution is 7.85. The van der Waals surface area contributed by atoms with Gasteiger partial charge in [0, 0.05) is 121 Å². The van der Waals surface area contributed by atoms with Gasteiger partial charge in [0.2, 0.25) is 5.91 Å². The number of piperidine rings is 1. The number of nitrogens with zero attached hydrogens (tertiary/aromatic N) is 7. The van der Waals surface area contributed by atoms with Crippen molar-refractivity contribution in [2.75, 3.05) is 109 Å². The molecule has 5 aliphatic heterocycles. The Labute approximate surface area is 457 Å². The maximum Gasteiger partial charge on any atom is 0.260 e. The first kappa shape index (κ1) is 58.6. The number of pyridine rings is 1. The van der Waals surface area contributed by atoms with Crippen molar-refractivity contribution in [2.24, 2.45) is 16.7 Å². The molecule has 0 radical (unpaired) electrons. The Hall–Kier alpha value is -3.52. The SMILES string of the molecule is CCCN(CC[C@H]([C@H](NC(=O)[C@H](C(C)C)N1CCCCCS(=O)CC1)C(=O)N1CCCC(C)N1)N1CC2(COC2)C1)c1ccc2c(c1)c(CC(C)(C)COO)c(-c1cc(C3CCN(C)CC3)cnc1[C@H](C)OC)n2CC. The fourth-order valence-corrected chi connectivity index (χ4v) is 14.3. The van der Waals surface area contributed by atoms with Gasteiger partial charge in [-0.15, -0.1) is 0 Å². The number of fused-ring (bicyclic) bond motifs is 1. The Balaban J connectivity index is 1.18. The zero-order valence-corrected chi connectivity index (χ0v) is 48.9. The lowest BCUT2D eigenvalue weighted by atomic mass is 9.76. The number of hydrogen-bond acceptors (Lipinski definition) is 13. The Kier molecular flexibility index (Phi) is 20.2. The van der Waals surface area contributed by atoms with Crippen LogP contribution >= 0.6 is 0 Å². The summed E-state index contributed by atoms with van der Waals surface area (Å²) < 4.78 is 27.3. The Morgan fingerprint density at radius 2 is 1.75 bits per heavy atom. The number of anilines is 1. The number of amides is 2. The van der Waals surface area contributed by atoms with Crippen molar-refractivity contribution in [1.82, 2.24) is 40.0 Å². The largest absolute Gasteiger partial charge is 0.380 e. The minimum atomic E-state index is -0.922. The minimum Gasteiger partial charge on any atom is -0.380 e. The van der Waals surface area contributed by atoms with Crippen molar-refractivity contribution in [3.63, 3.8) is 0 Å². The van der Waals surface area contributed by atoms with Gasteiger partial charge in [-0.05, 0) is 158 Å². The van der Waals surface area contributed by atoms with Crippen molar-refractivity contribution < 1.29 is 33.4 Å². The van der Waals surface area contributed by atoms with Crippen LogP contribution in [0.3, 0.4) is 0 Å². The second-order valence-corrected chi connectivity index (χ2v) is 26.3. The molecule has 17 heteroatoms. The van der Waals surface area contributed by atoms with Gasteiger partial charge >= 0.3 is 0 Å². The normalized spacial score (nSPS) is 23.1. The number of nitrogens with one attached hydrogen (secondary N) is 2. The quantitative estimate of drug-likeness (QED) is 0.0661. The number of ether oxygens (including phenoxy) is 2. The molecule has 1 aromatic carbocycles. The second-order valence-electron chi connectivity index (χ2n) is 24.6. The number of carbonyl (C=O) groups is 2. The summed E-state index contributed by atoms with van der Waals surface area (Å²) in [5, 5.41) is 16.3. The van der Waals surface area contributed by atoms with Crippen molar-refractivity contribution in [1.29, 1.82) is 0 Å². The van der Waals surface area contributed by atoms with Gasteiger partial charge in [-0.2, -0.15) is 0 Å². The third kappa shape index (κ3) is 13.5. The molecule has 5 fully saturated rings. The summed E-state index contributed by atoms with van der Waals surface area (Å²) in [6.07, 6.45) is 11.0. The molecule has 2 unspecified atom stereocenters. The maximum atomic E-state index is 15.3. The van der Waals surface area contributed by atoms with Crippen molar-refractivity contribution in [3.8, 4) is 11.3 Å². The van der Waals surface area contributed by atoms with E-state index in [2.05, 4.69) is 128 Å². The van der Waals surface area contributed by atoms with E-state index in [0.29, 0.717) is 63.1 Å². The predicted octanol–water partition coefficient (Wildman–Crippen LogP) is 7.86. The predicted molar refractivity (Wildman–Crippen MR) is 305 cm³/mol. The van der Waals surface area contributed by atoms with Crippen LogP contribution in [-0.4, -0.2) is 179 Å². The van der Waals surface area contributed by atoms with E-state index in [0.717, 1.165) is 131 Å². The lowest BCUT2D eigenvalue weighted by Crippen LogP contribution is -2.73. The van der Waals surface area contributed by atoms with Gasteiger partial charge in [0.25, 0.3) is 5.91 Å². The minimum absolute atomic E-state index is 0.0186. The number of benzene rings is 1. The smallest absolute Gasteiger partial charge is 0.260 e. The van der Waals surface area contributed by atoms with Crippen LogP contribution < -0.4 is 15.6 Å². The van der Waals surface area contributed by atoms with Gasteiger partial charge in [-0.25, -0.2) is 10.3 Å². The van der Waals surface area contributed by atoms with Gasteiger partial charge in [0.15, 0.2) is 0 Å². The molecule has 6 atom stereocenters. The molecular weight excluding hydrogens is 979 g/mol. The molecular formula is C59H95N9O7S. The molecule has 1 spiro atoms. The molecule has 3 N–H and O–H groups in total. The third-order valence-electron chi connectivity index (χ3n) is 17.4. The number of rotatable bonds is 22. The average molecular weight is 1070 g/mol. The van der Waals surface area contributed by atoms with Crippen molar-refractivity contribution in [2.45, 2.75) is 162 Å². The number of hydrazine groups is 1. The third-order valence-corrected chi connectivity index (χ3v) is 18.8. The summed E-state index contributed by atoms with van der Waals surface area (Å²) in [5.74, 6) is 1.44. The standard InChI is InChI=1S/C59H95N9O7S/c1-11-23-64(46-18-19-50-47(33-46)49(34-58(7,8)38-75-71)55(67(50)12-2)48-32-45(35-60-52(48)43(6)73-10)44-20-26-63(9)27-21-44)28-22-51(66-36-59(37-66)39-74-40-59)53(57(70)68-25-16-17-42(5)62-68)61-56(69)54(41(3)4)65-24-14-13-15-30-76(72)31-29-65/h18-19,32-33,35,41-44,51,53-54,62,71H,11-17,20-31,34,36-40H2,1-10H3,(H,61,69)/t42?,43-,51+,53-,54-,76?/m0/s1. The van der Waals surface area contributed by atoms with E-state index in [-0.39, 0.29) is 47.9 Å². The van der Waals surface area contributed by atoms with Crippen LogP contribution in [0.25, 0.3) is 22.2 Å². The first-order valence-corrected chi connectivity index (χ1v) is 30.6. The molecule has 0 bridgehead atoms. The Morgan fingerprint density at radius 3 is 2.41 bits per heavy atom. The van der Waals surface area contributed by atoms with E-state index >= 15 is 9.59 Å². The molecule has 0 saturated carbocycles. The topological polar surface area (TPSA) is 157 Å². The van der Waals surface area contributed by atoms with E-state index in [4.69, 9.17) is 19.3 Å². The highest BCUT2D eigenvalue weighted by Gasteiger charge is 2.53. The molecule has 7 heterocycles. The number of aryl methyl sites for hydroxylation is 1. The van der Waals surface area contributed by atoms with Gasteiger partial charge in [0.1, 0.15) is 6.04 Å². The molecule has 2 aromatic heterocycles. The van der Waals surface area contributed by atoms with E-state index in [1.807, 2.05) is 0 Å². The fourth-order valence-electron chi connectivity index (χ4n) is 13.1. The molecule has 2 amide bonds. The van der Waals surface area contributed by atoms with Gasteiger partial charge < -0.3 is 29.2 Å². The summed E-state index contributed by atoms with van der Waals surface area (Å²) in [6, 6.07) is 7.91. The molecule has 3 aromatic rings. The van der Waals surface area contributed by atoms with Crippen LogP contribution in [0.1, 0.15) is 142 Å². The van der Waals surface area contributed by atoms with Gasteiger partial charge in [-0.1, -0.05) is 41.0 Å². The molecule has 16 nitrogen and oxygen atoms in total. The highest BCUT2D eigenvalue weighted by Crippen LogP contribution is 2.44. The van der Waals surface area contributed by atoms with Crippen LogP contribution in [0.4, 0.5) is 5.69 Å². The van der Waals surface area contributed by atoms with Crippen LogP contribution in [0.2, 0.25) is 0 Å². The number of likely N-dealkylation sites (tertiary alicyclic amines) is 2. The monoisotopic (exact) mass is 1070 g/mol. The first-order valence-electron chi connectivity index (χ1n) is 29.2. The van der Waals surface area contributed by atoms with Crippen LogP contribution in [0, 0.1) is 16.7 Å². The highest BCUT2D eigenvalue weighted by atomic mass is 32.2. The summed E-state index contributed by atoms with van der Waals surface area (Å²) in [4.78, 5) is 50.2. The van der Waals surface area contributed by atoms with Gasteiger partial charge in [0.05, 0.1) is 43.4 Å². The summed E-state index contributed by atoms with van der Waals surface area (Å²) in [7, 11) is 3.03. The van der Waals surface area contributed by atoms with Gasteiger partial charge in [-0.3, -0.25) is 38.8 Å². The molecule has 8 rings (SSSR count). The number of hydrogen-bond donors (Lipinski definition) is 3. The second kappa shape index (κ2) is 26.2. The zero-order chi connectivity index (χ0) is 54.3. The average Bonchev–Trinajstić information content (AvgIpc) is 3.76. The first-order chi connectivity index (χ1) is 36.5. The lowest BCUT2D eigenvalue weighted by molar-refractivity contribution is -0.259. The van der Waals surface area contributed by atoms with Crippen LogP contribution in [0.5, 0.6) is 0 Å². The summed E-state index contributed by atoms with van der Waals surface area (Å²) >= 11 is 0. The number of carbonyl (C=O) groups excluding carboxylic acids is 2. The summed E-state index contributed by atoms with van der Waals surface area (Å²) in [6.45, 7) is 26.6. The molecule has 424 valence electrons. The number of aromatic nitrogens is 2. The van der Waals surface area contributed by atoms with Crippen LogP contribution in [0.15, 0.2) is 30.5 Å². The lowest BCUT2D eigenvalue weighted by Gasteiger charge is -2.58. The Morgan fingerprint density at radius 1 is 0.987 bits per heavy atom. The van der Waals surface area contributed by atoms with E-state index < -0.39 is 28.3 Å². The van der Waals surface area contributed by atoms with Crippen molar-refractivity contribution in [3.05, 3.63) is 47.3 Å². The molecule has 0 aliphatic carbocycles. The van der Waals surface area contributed by atoms with E-state index in [1.165, 1.54) is 11.1 Å². The molecule has 76 heavy (non-hydrogen) atoms. The maximum absolute atomic E-state index is 15.3. The summed E-state index contributed by atoms with van der Waals surface area (Å²) in [5.41, 5.74) is 11.0. The van der Waals surface area contributed by atoms with Crippen LogP contribution in [-0.2, 0) is 47.7 Å². The molecule has 5 aliphatic rings. The van der Waals surface area contributed by atoms with Crippen molar-refractivity contribution >= 4 is 39.2 Å². The zero-order valence-electron chi connectivity index (χ0n) is 48.0.